The molecule has 0 saturated carbocycles. The fourth-order valence-electron chi connectivity index (χ4n) is 0.993. The quantitative estimate of drug-likeness (QED) is 0.894. The molecule has 1 rings (SSSR count). The van der Waals surface area contributed by atoms with Gasteiger partial charge < -0.3 is 10.1 Å². The summed E-state index contributed by atoms with van der Waals surface area (Å²) in [6.07, 6.45) is -0.750. The SMILES string of the molecule is COC(C)C(=O)Nc1c(F)cc(F)cc1Cl. The molecule has 1 atom stereocenters. The van der Waals surface area contributed by atoms with Gasteiger partial charge in [0.2, 0.25) is 0 Å². The first kappa shape index (κ1) is 12.9. The topological polar surface area (TPSA) is 38.3 Å². The Hall–Kier alpha value is -1.20. The molecule has 0 aliphatic carbocycles. The van der Waals surface area contributed by atoms with Crippen molar-refractivity contribution < 1.29 is 18.3 Å². The van der Waals surface area contributed by atoms with Crippen molar-refractivity contribution in [2.45, 2.75) is 13.0 Å². The minimum Gasteiger partial charge on any atom is -0.372 e. The van der Waals surface area contributed by atoms with E-state index in [1.807, 2.05) is 0 Å². The van der Waals surface area contributed by atoms with Gasteiger partial charge in [0, 0.05) is 13.2 Å². The normalized spacial score (nSPS) is 12.3. The van der Waals surface area contributed by atoms with Crippen molar-refractivity contribution in [3.05, 3.63) is 28.8 Å². The summed E-state index contributed by atoms with van der Waals surface area (Å²) in [6, 6.07) is 1.55. The predicted octanol–water partition coefficient (Wildman–Crippen LogP) is 2.59. The van der Waals surface area contributed by atoms with E-state index in [0.29, 0.717) is 6.07 Å². The van der Waals surface area contributed by atoms with E-state index in [0.717, 1.165) is 6.07 Å². The zero-order valence-electron chi connectivity index (χ0n) is 8.68. The van der Waals surface area contributed by atoms with Gasteiger partial charge >= 0.3 is 0 Å². The minimum atomic E-state index is -0.929. The van der Waals surface area contributed by atoms with Crippen LogP contribution >= 0.6 is 11.6 Å². The Morgan fingerprint density at radius 1 is 1.50 bits per heavy atom. The standard InChI is InChI=1S/C10H10ClF2NO2/c1-5(16-2)10(15)14-9-7(11)3-6(12)4-8(9)13/h3-5H,1-2H3,(H,14,15). The predicted molar refractivity (Wildman–Crippen MR) is 56.5 cm³/mol. The molecule has 1 aromatic carbocycles. The van der Waals surface area contributed by atoms with E-state index in [-0.39, 0.29) is 10.7 Å². The molecule has 1 unspecified atom stereocenters. The molecule has 0 aromatic heterocycles. The highest BCUT2D eigenvalue weighted by molar-refractivity contribution is 6.33. The average Bonchev–Trinajstić information content (AvgIpc) is 2.21. The van der Waals surface area contributed by atoms with Gasteiger partial charge in [-0.3, -0.25) is 4.79 Å². The number of methoxy groups -OCH3 is 1. The first-order chi connectivity index (χ1) is 7.45. The maximum atomic E-state index is 13.3. The Labute approximate surface area is 96.4 Å². The molecule has 1 amide bonds. The molecule has 0 heterocycles. The Bertz CT molecular complexity index is 389. The van der Waals surface area contributed by atoms with Crippen molar-refractivity contribution in [3.8, 4) is 0 Å². The van der Waals surface area contributed by atoms with Gasteiger partial charge in [0.1, 0.15) is 11.9 Å². The second kappa shape index (κ2) is 5.23. The lowest BCUT2D eigenvalue weighted by atomic mass is 10.2. The Morgan fingerprint density at radius 2 is 2.12 bits per heavy atom. The molecular formula is C10H10ClF2NO2. The molecule has 0 aliphatic rings. The van der Waals surface area contributed by atoms with Crippen molar-refractivity contribution in [3.63, 3.8) is 0 Å². The van der Waals surface area contributed by atoms with Gasteiger partial charge in [-0.2, -0.15) is 0 Å². The van der Waals surface area contributed by atoms with E-state index in [1.54, 1.807) is 0 Å². The molecular weight excluding hydrogens is 240 g/mol. The van der Waals surface area contributed by atoms with Gasteiger partial charge in [-0.25, -0.2) is 8.78 Å². The van der Waals surface area contributed by atoms with Crippen LogP contribution in [0.1, 0.15) is 6.92 Å². The Kier molecular flexibility index (Phi) is 4.20. The summed E-state index contributed by atoms with van der Waals surface area (Å²) in [5, 5.41) is 2.02. The minimum absolute atomic E-state index is 0.200. The lowest BCUT2D eigenvalue weighted by molar-refractivity contribution is -0.124. The Morgan fingerprint density at radius 3 is 2.62 bits per heavy atom. The Balaban J connectivity index is 2.93. The summed E-state index contributed by atoms with van der Waals surface area (Å²) in [5.74, 6) is -2.29. The van der Waals surface area contributed by atoms with Crippen LogP contribution in [0, 0.1) is 11.6 Å². The highest BCUT2D eigenvalue weighted by Gasteiger charge is 2.16. The highest BCUT2D eigenvalue weighted by atomic mass is 35.5. The van der Waals surface area contributed by atoms with Gasteiger partial charge in [0.25, 0.3) is 5.91 Å². The van der Waals surface area contributed by atoms with Gasteiger partial charge in [-0.1, -0.05) is 11.6 Å². The lowest BCUT2D eigenvalue weighted by Gasteiger charge is -2.12. The summed E-state index contributed by atoms with van der Waals surface area (Å²) in [5.41, 5.74) is -0.253. The van der Waals surface area contributed by atoms with Crippen molar-refractivity contribution in [2.75, 3.05) is 12.4 Å². The van der Waals surface area contributed by atoms with Crippen LogP contribution in [-0.2, 0) is 9.53 Å². The molecule has 16 heavy (non-hydrogen) atoms. The summed E-state index contributed by atoms with van der Waals surface area (Å²) in [4.78, 5) is 11.4. The number of hydrogen-bond donors (Lipinski definition) is 1. The second-order valence-electron chi connectivity index (χ2n) is 3.11. The zero-order chi connectivity index (χ0) is 12.3. The molecule has 0 fully saturated rings. The van der Waals surface area contributed by atoms with Crippen molar-refractivity contribution in [1.82, 2.24) is 0 Å². The molecule has 0 aliphatic heterocycles. The fourth-order valence-corrected chi connectivity index (χ4v) is 1.24. The van der Waals surface area contributed by atoms with E-state index in [4.69, 9.17) is 16.3 Å². The number of ether oxygens (including phenoxy) is 1. The van der Waals surface area contributed by atoms with E-state index < -0.39 is 23.6 Å². The number of amides is 1. The molecule has 1 N–H and O–H groups in total. The third-order valence-electron chi connectivity index (χ3n) is 1.98. The summed E-state index contributed by atoms with van der Waals surface area (Å²) in [6.45, 7) is 1.49. The molecule has 3 nitrogen and oxygen atoms in total. The second-order valence-corrected chi connectivity index (χ2v) is 3.52. The van der Waals surface area contributed by atoms with Gasteiger partial charge in [0.15, 0.2) is 5.82 Å². The zero-order valence-corrected chi connectivity index (χ0v) is 9.44. The number of rotatable bonds is 3. The van der Waals surface area contributed by atoms with Crippen LogP contribution in [0.5, 0.6) is 0 Å². The average molecular weight is 250 g/mol. The lowest BCUT2D eigenvalue weighted by Crippen LogP contribution is -2.27. The highest BCUT2D eigenvalue weighted by Crippen LogP contribution is 2.26. The molecule has 0 spiro atoms. The number of carbonyl (C=O) groups is 1. The van der Waals surface area contributed by atoms with Crippen LogP contribution in [0.3, 0.4) is 0 Å². The van der Waals surface area contributed by atoms with Gasteiger partial charge in [-0.15, -0.1) is 0 Å². The van der Waals surface area contributed by atoms with E-state index in [9.17, 15) is 13.6 Å². The monoisotopic (exact) mass is 249 g/mol. The first-order valence-electron chi connectivity index (χ1n) is 4.44. The molecule has 1 aromatic rings. The number of benzene rings is 1. The summed E-state index contributed by atoms with van der Waals surface area (Å²) >= 11 is 5.59. The van der Waals surface area contributed by atoms with E-state index in [1.165, 1.54) is 14.0 Å². The number of hydrogen-bond acceptors (Lipinski definition) is 2. The largest absolute Gasteiger partial charge is 0.372 e. The van der Waals surface area contributed by atoms with Crippen LogP contribution in [0.25, 0.3) is 0 Å². The van der Waals surface area contributed by atoms with E-state index in [2.05, 4.69) is 5.32 Å². The number of carbonyl (C=O) groups excluding carboxylic acids is 1. The van der Waals surface area contributed by atoms with Crippen LogP contribution in [0.15, 0.2) is 12.1 Å². The van der Waals surface area contributed by atoms with Crippen molar-refractivity contribution in [2.24, 2.45) is 0 Å². The molecule has 0 bridgehead atoms. The van der Waals surface area contributed by atoms with Crippen molar-refractivity contribution in [1.29, 1.82) is 0 Å². The third-order valence-corrected chi connectivity index (χ3v) is 2.28. The number of anilines is 1. The first-order valence-corrected chi connectivity index (χ1v) is 4.81. The summed E-state index contributed by atoms with van der Waals surface area (Å²) in [7, 11) is 1.34. The summed E-state index contributed by atoms with van der Waals surface area (Å²) < 4.78 is 30.7. The number of halogens is 3. The number of nitrogens with one attached hydrogen (secondary N) is 1. The molecule has 0 saturated heterocycles. The molecule has 88 valence electrons. The fraction of sp³-hybridized carbons (Fsp3) is 0.300. The van der Waals surface area contributed by atoms with Crippen LogP contribution in [-0.4, -0.2) is 19.1 Å². The molecule has 0 radical (unpaired) electrons. The smallest absolute Gasteiger partial charge is 0.253 e. The van der Waals surface area contributed by atoms with E-state index >= 15 is 0 Å². The van der Waals surface area contributed by atoms with Gasteiger partial charge in [-0.05, 0) is 13.0 Å². The van der Waals surface area contributed by atoms with Crippen molar-refractivity contribution >= 4 is 23.2 Å². The van der Waals surface area contributed by atoms with Crippen LogP contribution in [0.4, 0.5) is 14.5 Å². The molecule has 6 heteroatoms. The van der Waals surface area contributed by atoms with Crippen LogP contribution < -0.4 is 5.32 Å². The van der Waals surface area contributed by atoms with Crippen LogP contribution in [0.2, 0.25) is 5.02 Å². The van der Waals surface area contributed by atoms with Gasteiger partial charge in [0.05, 0.1) is 10.7 Å². The third kappa shape index (κ3) is 2.90. The maximum absolute atomic E-state index is 13.3. The maximum Gasteiger partial charge on any atom is 0.253 e.